The van der Waals surface area contributed by atoms with Crippen molar-refractivity contribution in [3.8, 4) is 16.9 Å². The number of carbonyl (C=O) groups excluding carboxylic acids is 1. The fraction of sp³-hybridized carbons (Fsp3) is 0.227. The first-order valence-electron chi connectivity index (χ1n) is 9.84. The van der Waals surface area contributed by atoms with Crippen LogP contribution in [-0.2, 0) is 25.9 Å². The van der Waals surface area contributed by atoms with Gasteiger partial charge in [0, 0.05) is 17.6 Å². The number of hydrogen-bond acceptors (Lipinski definition) is 6. The minimum Gasteiger partial charge on any atom is -0.331 e. The number of nitrogens with one attached hydrogen (secondary N) is 1. The molecule has 0 aliphatic carbocycles. The van der Waals surface area contributed by atoms with Crippen LogP contribution >= 0.6 is 0 Å². The fourth-order valence-electron chi connectivity index (χ4n) is 3.48. The molecule has 11 heteroatoms. The average molecular weight is 475 g/mol. The molecule has 33 heavy (non-hydrogen) atoms. The zero-order valence-corrected chi connectivity index (χ0v) is 18.9. The Balaban J connectivity index is 2.03. The zero-order chi connectivity index (χ0) is 24.3. The Morgan fingerprint density at radius 3 is 2.45 bits per heavy atom. The second-order valence-electron chi connectivity index (χ2n) is 7.47. The lowest BCUT2D eigenvalue weighted by atomic mass is 10.1. The van der Waals surface area contributed by atoms with Gasteiger partial charge in [-0.3, -0.25) is 9.63 Å². The summed E-state index contributed by atoms with van der Waals surface area (Å²) in [5.41, 5.74) is 3.06. The molecule has 1 unspecified atom stereocenters. The highest BCUT2D eigenvalue weighted by Crippen LogP contribution is 2.31. The number of carbonyl (C=O) groups is 1. The summed E-state index contributed by atoms with van der Waals surface area (Å²) in [5.74, 6) is -0.938. The largest absolute Gasteiger partial charge is 0.331 e. The SMILES string of the molecule is Cc1c(CC(=O)NC(C)O[N+](=O)[O-])cc(-c2ccc(S(C)(=O)=O)cc2)n1-c1cccc(F)c1. The number of hydrogen-bond donors (Lipinski definition) is 1. The second-order valence-corrected chi connectivity index (χ2v) is 9.48. The van der Waals surface area contributed by atoms with Crippen LogP contribution in [0.3, 0.4) is 0 Å². The topological polar surface area (TPSA) is 121 Å². The Hall–Kier alpha value is -3.73. The van der Waals surface area contributed by atoms with Crippen molar-refractivity contribution in [3.63, 3.8) is 0 Å². The van der Waals surface area contributed by atoms with Crippen LogP contribution in [0.5, 0.6) is 0 Å². The Bertz CT molecular complexity index is 1300. The number of aromatic nitrogens is 1. The molecule has 9 nitrogen and oxygen atoms in total. The lowest BCUT2D eigenvalue weighted by Gasteiger charge is -2.13. The van der Waals surface area contributed by atoms with Crippen molar-refractivity contribution in [2.75, 3.05) is 6.26 Å². The molecule has 3 aromatic rings. The van der Waals surface area contributed by atoms with E-state index in [2.05, 4.69) is 10.2 Å². The van der Waals surface area contributed by atoms with Crippen molar-refractivity contribution in [2.45, 2.75) is 31.4 Å². The molecule has 2 aromatic carbocycles. The Labute approximate surface area is 189 Å². The molecule has 1 atom stereocenters. The predicted molar refractivity (Wildman–Crippen MR) is 118 cm³/mol. The van der Waals surface area contributed by atoms with E-state index in [-0.39, 0.29) is 11.3 Å². The quantitative estimate of drug-likeness (QED) is 0.303. The molecule has 0 saturated heterocycles. The number of halogens is 1. The van der Waals surface area contributed by atoms with Gasteiger partial charge in [-0.25, -0.2) is 12.8 Å². The smallest absolute Gasteiger partial charge is 0.296 e. The van der Waals surface area contributed by atoms with Gasteiger partial charge >= 0.3 is 0 Å². The Kier molecular flexibility index (Phi) is 6.82. The van der Waals surface area contributed by atoms with Gasteiger partial charge in [0.1, 0.15) is 5.82 Å². The molecule has 0 spiro atoms. The molecule has 0 radical (unpaired) electrons. The molecule has 0 fully saturated rings. The summed E-state index contributed by atoms with van der Waals surface area (Å²) in [7, 11) is -3.38. The molecule has 174 valence electrons. The molecule has 0 aliphatic rings. The summed E-state index contributed by atoms with van der Waals surface area (Å²) >= 11 is 0. The first kappa shape index (κ1) is 23.9. The van der Waals surface area contributed by atoms with Crippen LogP contribution in [0, 0.1) is 22.9 Å². The number of nitrogens with zero attached hydrogens (tertiary/aromatic N) is 2. The van der Waals surface area contributed by atoms with Gasteiger partial charge in [-0.05, 0) is 61.4 Å². The fourth-order valence-corrected chi connectivity index (χ4v) is 4.11. The molecule has 1 aromatic heterocycles. The van der Waals surface area contributed by atoms with Crippen molar-refractivity contribution in [3.05, 3.63) is 81.8 Å². The predicted octanol–water partition coefficient (Wildman–Crippen LogP) is 3.21. The van der Waals surface area contributed by atoms with Crippen molar-refractivity contribution in [2.24, 2.45) is 0 Å². The average Bonchev–Trinajstić information content (AvgIpc) is 3.02. The van der Waals surface area contributed by atoms with Crippen LogP contribution in [0.25, 0.3) is 16.9 Å². The summed E-state index contributed by atoms with van der Waals surface area (Å²) in [6.45, 7) is 3.10. The maximum absolute atomic E-state index is 14.0. The van der Waals surface area contributed by atoms with Gasteiger partial charge < -0.3 is 9.88 Å². The summed E-state index contributed by atoms with van der Waals surface area (Å²) in [6.07, 6.45) is -0.114. The van der Waals surface area contributed by atoms with Gasteiger partial charge in [0.05, 0.1) is 17.0 Å². The van der Waals surface area contributed by atoms with E-state index in [1.165, 1.54) is 31.2 Å². The standard InChI is InChI=1S/C22H22FN3O6S/c1-14-17(12-22(27)24-15(2)32-26(28)29)11-21(25(14)19-6-4-5-18(23)13-19)16-7-9-20(10-8-16)33(3,30)31/h4-11,13,15H,12H2,1-3H3,(H,24,27). The third kappa shape index (κ3) is 5.75. The monoisotopic (exact) mass is 475 g/mol. The number of benzene rings is 2. The molecular formula is C22H22FN3O6S. The molecular weight excluding hydrogens is 453 g/mol. The molecule has 3 rings (SSSR count). The van der Waals surface area contributed by atoms with Crippen molar-refractivity contribution in [1.29, 1.82) is 0 Å². The van der Waals surface area contributed by atoms with Gasteiger partial charge in [-0.2, -0.15) is 0 Å². The summed E-state index contributed by atoms with van der Waals surface area (Å²) in [4.78, 5) is 27.3. The van der Waals surface area contributed by atoms with Crippen LogP contribution in [0.2, 0.25) is 0 Å². The van der Waals surface area contributed by atoms with E-state index < -0.39 is 32.9 Å². The van der Waals surface area contributed by atoms with Crippen LogP contribution in [0.4, 0.5) is 4.39 Å². The summed E-state index contributed by atoms with van der Waals surface area (Å²) in [6, 6.07) is 13.9. The number of amides is 1. The van der Waals surface area contributed by atoms with Crippen LogP contribution in [-0.4, -0.2) is 36.5 Å². The maximum Gasteiger partial charge on any atom is 0.296 e. The Morgan fingerprint density at radius 2 is 1.88 bits per heavy atom. The third-order valence-electron chi connectivity index (χ3n) is 4.96. The zero-order valence-electron chi connectivity index (χ0n) is 18.1. The van der Waals surface area contributed by atoms with E-state index in [4.69, 9.17) is 0 Å². The maximum atomic E-state index is 14.0. The van der Waals surface area contributed by atoms with Crippen LogP contribution in [0.1, 0.15) is 18.2 Å². The van der Waals surface area contributed by atoms with Gasteiger partial charge in [0.15, 0.2) is 16.1 Å². The van der Waals surface area contributed by atoms with E-state index in [1.807, 2.05) is 0 Å². The Morgan fingerprint density at radius 1 is 1.21 bits per heavy atom. The minimum absolute atomic E-state index is 0.103. The van der Waals surface area contributed by atoms with Gasteiger partial charge in [0.25, 0.3) is 5.09 Å². The first-order chi connectivity index (χ1) is 15.5. The normalized spacial score (nSPS) is 12.2. The highest BCUT2D eigenvalue weighted by Gasteiger charge is 2.19. The van der Waals surface area contributed by atoms with E-state index >= 15 is 0 Å². The molecule has 1 N–H and O–H groups in total. The molecule has 0 saturated carbocycles. The molecule has 0 bridgehead atoms. The van der Waals surface area contributed by atoms with E-state index in [0.29, 0.717) is 28.2 Å². The van der Waals surface area contributed by atoms with Gasteiger partial charge in [-0.1, -0.05) is 18.2 Å². The number of rotatable bonds is 8. The van der Waals surface area contributed by atoms with E-state index in [9.17, 15) is 27.7 Å². The summed E-state index contributed by atoms with van der Waals surface area (Å²) < 4.78 is 39.3. The highest BCUT2D eigenvalue weighted by molar-refractivity contribution is 7.90. The lowest BCUT2D eigenvalue weighted by molar-refractivity contribution is -0.768. The highest BCUT2D eigenvalue weighted by atomic mass is 32.2. The molecule has 0 aliphatic heterocycles. The van der Waals surface area contributed by atoms with E-state index in [1.54, 1.807) is 41.8 Å². The van der Waals surface area contributed by atoms with Crippen molar-refractivity contribution in [1.82, 2.24) is 9.88 Å². The first-order valence-corrected chi connectivity index (χ1v) is 11.7. The van der Waals surface area contributed by atoms with Crippen molar-refractivity contribution >= 4 is 15.7 Å². The second kappa shape index (κ2) is 9.41. The van der Waals surface area contributed by atoms with Gasteiger partial charge in [0.2, 0.25) is 5.91 Å². The molecule has 1 amide bonds. The van der Waals surface area contributed by atoms with E-state index in [0.717, 1.165) is 6.26 Å². The number of sulfone groups is 1. The van der Waals surface area contributed by atoms with Gasteiger partial charge in [-0.15, -0.1) is 10.1 Å². The van der Waals surface area contributed by atoms with Crippen molar-refractivity contribution < 1.29 is 27.5 Å². The van der Waals surface area contributed by atoms with Crippen LogP contribution < -0.4 is 5.32 Å². The third-order valence-corrected chi connectivity index (χ3v) is 6.08. The lowest BCUT2D eigenvalue weighted by Crippen LogP contribution is -2.36. The van der Waals surface area contributed by atoms with Crippen LogP contribution in [0.15, 0.2) is 59.5 Å². The minimum atomic E-state index is -3.38. The molecule has 1 heterocycles. The summed E-state index contributed by atoms with van der Waals surface area (Å²) in [5, 5.41) is 11.8.